The summed E-state index contributed by atoms with van der Waals surface area (Å²) in [7, 11) is 0. The maximum absolute atomic E-state index is 6.49. The quantitative estimate of drug-likeness (QED) is 0.640. The summed E-state index contributed by atoms with van der Waals surface area (Å²) in [5.74, 6) is 0. The minimum Gasteiger partial charge on any atom is -0.337 e. The first kappa shape index (κ1) is 20.4. The number of hydrogen-bond donors (Lipinski definition) is 1. The van der Waals surface area contributed by atoms with Gasteiger partial charge < -0.3 is 9.88 Å². The van der Waals surface area contributed by atoms with Gasteiger partial charge in [0.2, 0.25) is 0 Å². The lowest BCUT2D eigenvalue weighted by molar-refractivity contribution is 0.195. The van der Waals surface area contributed by atoms with Gasteiger partial charge in [0, 0.05) is 50.1 Å². The van der Waals surface area contributed by atoms with E-state index in [-0.39, 0.29) is 6.04 Å². The van der Waals surface area contributed by atoms with Gasteiger partial charge in [-0.15, -0.1) is 0 Å². The van der Waals surface area contributed by atoms with Gasteiger partial charge in [-0.25, -0.2) is 4.98 Å². The predicted molar refractivity (Wildman–Crippen MR) is 126 cm³/mol. The Morgan fingerprint density at radius 1 is 1.16 bits per heavy atom. The average molecular weight is 434 g/mol. The van der Waals surface area contributed by atoms with Crippen molar-refractivity contribution in [3.8, 4) is 0 Å². The van der Waals surface area contributed by atoms with Crippen molar-refractivity contribution in [1.29, 1.82) is 0 Å². The molecule has 5 rings (SSSR count). The third-order valence-electron chi connectivity index (χ3n) is 6.26. The minimum absolute atomic E-state index is 0.149. The number of halogens is 1. The fourth-order valence-corrected chi connectivity index (χ4v) is 4.97. The predicted octanol–water partition coefficient (Wildman–Crippen LogP) is 4.57. The van der Waals surface area contributed by atoms with Crippen LogP contribution >= 0.6 is 11.6 Å². The van der Waals surface area contributed by atoms with Gasteiger partial charge in [-0.1, -0.05) is 23.7 Å². The van der Waals surface area contributed by atoms with Crippen molar-refractivity contribution in [3.63, 3.8) is 0 Å². The van der Waals surface area contributed by atoms with Gasteiger partial charge in [-0.05, 0) is 66.3 Å². The van der Waals surface area contributed by atoms with Crippen LogP contribution in [-0.2, 0) is 6.54 Å². The highest BCUT2D eigenvalue weighted by Crippen LogP contribution is 2.41. The number of rotatable bonds is 5. The second-order valence-corrected chi connectivity index (χ2v) is 8.86. The second-order valence-electron chi connectivity index (χ2n) is 8.42. The second kappa shape index (κ2) is 8.95. The molecule has 1 unspecified atom stereocenters. The number of hydrogen-bond acceptors (Lipinski definition) is 4. The molecule has 0 bridgehead atoms. The van der Waals surface area contributed by atoms with Crippen LogP contribution in [0.5, 0.6) is 0 Å². The molecular formula is C25H28ClN5. The molecule has 1 aromatic carbocycles. The van der Waals surface area contributed by atoms with E-state index in [1.807, 2.05) is 31.6 Å². The standard InChI is InChI=1S/C25H28ClN5/c1-18-16-30(17-29-18)11-3-5-19-14-20-4-2-8-28-24(20)25(31-12-9-27-10-13-31)22-7-6-21(26)15-23(19)22/h2,4,6-8,14-17,25,27H,3,5,9-13H2,1H3. The molecule has 1 aliphatic carbocycles. The van der Waals surface area contributed by atoms with Crippen LogP contribution in [0.1, 0.15) is 47.0 Å². The number of nitrogens with zero attached hydrogens (tertiary/aromatic N) is 4. The number of aromatic nitrogens is 3. The summed E-state index contributed by atoms with van der Waals surface area (Å²) >= 11 is 6.49. The monoisotopic (exact) mass is 433 g/mol. The van der Waals surface area contributed by atoms with Crippen LogP contribution in [0.4, 0.5) is 0 Å². The summed E-state index contributed by atoms with van der Waals surface area (Å²) in [5, 5.41) is 4.26. The van der Waals surface area contributed by atoms with E-state index in [0.717, 1.165) is 62.0 Å². The maximum Gasteiger partial charge on any atom is 0.0949 e. The van der Waals surface area contributed by atoms with Crippen molar-refractivity contribution in [2.24, 2.45) is 0 Å². The molecule has 5 nitrogen and oxygen atoms in total. The van der Waals surface area contributed by atoms with E-state index in [2.05, 4.69) is 50.2 Å². The van der Waals surface area contributed by atoms with E-state index in [1.165, 1.54) is 22.3 Å². The highest BCUT2D eigenvalue weighted by molar-refractivity contribution is 6.30. The molecule has 0 amide bonds. The van der Waals surface area contributed by atoms with Crippen LogP contribution in [0.3, 0.4) is 0 Å². The first-order chi connectivity index (χ1) is 15.2. The van der Waals surface area contributed by atoms with Crippen molar-refractivity contribution >= 4 is 23.3 Å². The number of allylic oxidation sites excluding steroid dienone is 1. The smallest absolute Gasteiger partial charge is 0.0949 e. The molecule has 1 saturated heterocycles. The number of aryl methyl sites for hydroxylation is 2. The minimum atomic E-state index is 0.149. The Kier molecular flexibility index (Phi) is 5.90. The molecule has 160 valence electrons. The molecule has 6 heteroatoms. The van der Waals surface area contributed by atoms with Crippen molar-refractivity contribution in [2.45, 2.75) is 32.4 Å². The molecule has 0 saturated carbocycles. The molecule has 1 aliphatic heterocycles. The highest BCUT2D eigenvalue weighted by Gasteiger charge is 2.31. The number of pyridine rings is 1. The van der Waals surface area contributed by atoms with Crippen molar-refractivity contribution in [1.82, 2.24) is 24.8 Å². The number of benzene rings is 1. The fraction of sp³-hybridized carbons (Fsp3) is 0.360. The van der Waals surface area contributed by atoms with E-state index >= 15 is 0 Å². The molecule has 1 N–H and O–H groups in total. The normalized spacial score (nSPS) is 18.8. The zero-order valence-corrected chi connectivity index (χ0v) is 18.6. The van der Waals surface area contributed by atoms with Crippen LogP contribution in [0.2, 0.25) is 5.02 Å². The molecule has 3 heterocycles. The van der Waals surface area contributed by atoms with E-state index in [1.54, 1.807) is 0 Å². The number of imidazole rings is 1. The van der Waals surface area contributed by atoms with Crippen LogP contribution in [0, 0.1) is 6.92 Å². The molecule has 0 radical (unpaired) electrons. The fourth-order valence-electron chi connectivity index (χ4n) is 4.80. The van der Waals surface area contributed by atoms with Crippen LogP contribution < -0.4 is 5.32 Å². The van der Waals surface area contributed by atoms with Crippen molar-refractivity contribution < 1.29 is 0 Å². The summed E-state index contributed by atoms with van der Waals surface area (Å²) < 4.78 is 2.17. The van der Waals surface area contributed by atoms with Gasteiger partial charge in [0.15, 0.2) is 0 Å². The topological polar surface area (TPSA) is 46.0 Å². The van der Waals surface area contributed by atoms with E-state index in [9.17, 15) is 0 Å². The lowest BCUT2D eigenvalue weighted by Gasteiger charge is -2.35. The van der Waals surface area contributed by atoms with Gasteiger partial charge in [0.05, 0.1) is 23.8 Å². The lowest BCUT2D eigenvalue weighted by Crippen LogP contribution is -2.45. The molecule has 2 aromatic heterocycles. The highest BCUT2D eigenvalue weighted by atomic mass is 35.5. The molecular weight excluding hydrogens is 406 g/mol. The Morgan fingerprint density at radius 2 is 2.03 bits per heavy atom. The Morgan fingerprint density at radius 3 is 2.84 bits per heavy atom. The lowest BCUT2D eigenvalue weighted by atomic mass is 9.92. The first-order valence-electron chi connectivity index (χ1n) is 11.1. The van der Waals surface area contributed by atoms with Gasteiger partial charge in [-0.3, -0.25) is 9.88 Å². The van der Waals surface area contributed by atoms with Crippen LogP contribution in [-0.4, -0.2) is 45.6 Å². The Hall–Kier alpha value is -2.47. The molecule has 0 spiro atoms. The molecule has 3 aromatic rings. The Bertz CT molecular complexity index is 1100. The first-order valence-corrected chi connectivity index (χ1v) is 11.5. The third kappa shape index (κ3) is 4.31. The third-order valence-corrected chi connectivity index (χ3v) is 6.49. The molecule has 2 aliphatic rings. The van der Waals surface area contributed by atoms with Gasteiger partial charge in [-0.2, -0.15) is 0 Å². The number of fused-ring (bicyclic) bond motifs is 2. The summed E-state index contributed by atoms with van der Waals surface area (Å²) in [5.41, 5.74) is 7.33. The molecule has 1 fully saturated rings. The number of piperazine rings is 1. The van der Waals surface area contributed by atoms with Gasteiger partial charge in [0.1, 0.15) is 0 Å². The SMILES string of the molecule is Cc1cn(CCCC2=Cc3cccnc3C(N3CCNCC3)c3ccc(Cl)cc32)cn1. The van der Waals surface area contributed by atoms with E-state index in [4.69, 9.17) is 16.6 Å². The summed E-state index contributed by atoms with van der Waals surface area (Å²) in [6, 6.07) is 10.8. The van der Waals surface area contributed by atoms with Crippen molar-refractivity contribution in [3.05, 3.63) is 82.2 Å². The number of nitrogens with one attached hydrogen (secondary N) is 1. The average Bonchev–Trinajstić information content (AvgIpc) is 3.15. The summed E-state index contributed by atoms with van der Waals surface area (Å²) in [4.78, 5) is 11.8. The van der Waals surface area contributed by atoms with Gasteiger partial charge in [0.25, 0.3) is 0 Å². The van der Waals surface area contributed by atoms with E-state index in [0.29, 0.717) is 0 Å². The Labute approximate surface area is 188 Å². The zero-order chi connectivity index (χ0) is 21.2. The summed E-state index contributed by atoms with van der Waals surface area (Å²) in [6.07, 6.45) is 10.3. The summed E-state index contributed by atoms with van der Waals surface area (Å²) in [6.45, 7) is 7.02. The largest absolute Gasteiger partial charge is 0.337 e. The van der Waals surface area contributed by atoms with E-state index < -0.39 is 0 Å². The van der Waals surface area contributed by atoms with Crippen molar-refractivity contribution in [2.75, 3.05) is 26.2 Å². The molecule has 1 atom stereocenters. The van der Waals surface area contributed by atoms with Crippen LogP contribution in [0.25, 0.3) is 11.6 Å². The molecule has 31 heavy (non-hydrogen) atoms. The van der Waals surface area contributed by atoms with Gasteiger partial charge >= 0.3 is 0 Å². The van der Waals surface area contributed by atoms with Crippen LogP contribution in [0.15, 0.2) is 49.1 Å². The Balaban J connectivity index is 1.53. The maximum atomic E-state index is 6.49. The zero-order valence-electron chi connectivity index (χ0n) is 17.9.